The zero-order valence-corrected chi connectivity index (χ0v) is 10.5. The predicted molar refractivity (Wildman–Crippen MR) is 73.4 cm³/mol. The van der Waals surface area contributed by atoms with Crippen molar-refractivity contribution in [2.24, 2.45) is 0 Å². The second-order valence-electron chi connectivity index (χ2n) is 4.95. The van der Waals surface area contributed by atoms with Crippen LogP contribution < -0.4 is 5.32 Å². The summed E-state index contributed by atoms with van der Waals surface area (Å²) in [6.45, 7) is 1.16. The summed E-state index contributed by atoms with van der Waals surface area (Å²) in [5, 5.41) is 3.61. The van der Waals surface area contributed by atoms with Crippen molar-refractivity contribution in [2.45, 2.75) is 31.7 Å². The summed E-state index contributed by atoms with van der Waals surface area (Å²) < 4.78 is 0. The van der Waals surface area contributed by atoms with Crippen LogP contribution >= 0.6 is 0 Å². The van der Waals surface area contributed by atoms with E-state index in [1.54, 1.807) is 0 Å². The molecule has 1 saturated heterocycles. The quantitative estimate of drug-likeness (QED) is 0.867. The second-order valence-corrected chi connectivity index (χ2v) is 4.95. The monoisotopic (exact) mass is 241 g/mol. The lowest BCUT2D eigenvalue weighted by Crippen LogP contribution is -2.35. The number of nitrogens with zero attached hydrogens (tertiary/aromatic N) is 1. The molecule has 0 amide bonds. The highest BCUT2D eigenvalue weighted by atomic mass is 14.9. The fourth-order valence-electron chi connectivity index (χ4n) is 2.71. The number of aromatic amines is 1. The Hall–Kier alpha value is -1.61. The van der Waals surface area contributed by atoms with E-state index in [9.17, 15) is 0 Å². The maximum atomic E-state index is 4.36. The highest BCUT2D eigenvalue weighted by Crippen LogP contribution is 2.22. The molecule has 1 atom stereocenters. The molecule has 2 aromatic rings. The van der Waals surface area contributed by atoms with Gasteiger partial charge >= 0.3 is 0 Å². The minimum Gasteiger partial charge on any atom is -0.345 e. The van der Waals surface area contributed by atoms with Crippen LogP contribution in [0.3, 0.4) is 0 Å². The summed E-state index contributed by atoms with van der Waals surface area (Å²) in [5.41, 5.74) is 2.61. The Morgan fingerprint density at radius 1 is 1.22 bits per heavy atom. The molecule has 2 N–H and O–H groups in total. The molecule has 1 fully saturated rings. The molecule has 1 unspecified atom stereocenters. The van der Waals surface area contributed by atoms with Crippen LogP contribution in [0.15, 0.2) is 36.7 Å². The molecule has 94 valence electrons. The maximum Gasteiger partial charge on any atom is 0.137 e. The zero-order chi connectivity index (χ0) is 12.2. The Labute approximate surface area is 108 Å². The van der Waals surface area contributed by atoms with Gasteiger partial charge in [0.05, 0.1) is 0 Å². The molecule has 18 heavy (non-hydrogen) atoms. The number of piperidine rings is 1. The molecular formula is C15H19N3. The average Bonchev–Trinajstić information content (AvgIpc) is 2.94. The molecule has 0 bridgehead atoms. The van der Waals surface area contributed by atoms with E-state index in [1.807, 2.05) is 12.4 Å². The van der Waals surface area contributed by atoms with Gasteiger partial charge in [0.15, 0.2) is 0 Å². The molecule has 0 radical (unpaired) electrons. The first kappa shape index (κ1) is 11.5. The van der Waals surface area contributed by atoms with Crippen LogP contribution in [-0.2, 0) is 6.42 Å². The van der Waals surface area contributed by atoms with Gasteiger partial charge in [0.25, 0.3) is 0 Å². The molecule has 3 heteroatoms. The van der Waals surface area contributed by atoms with Crippen molar-refractivity contribution in [1.29, 1.82) is 0 Å². The molecular weight excluding hydrogens is 222 g/mol. The third kappa shape index (κ3) is 2.46. The van der Waals surface area contributed by atoms with E-state index in [-0.39, 0.29) is 0 Å². The normalized spacial score (nSPS) is 19.9. The summed E-state index contributed by atoms with van der Waals surface area (Å²) in [6, 6.07) is 9.18. The van der Waals surface area contributed by atoms with Crippen molar-refractivity contribution in [3.63, 3.8) is 0 Å². The summed E-state index contributed by atoms with van der Waals surface area (Å²) >= 11 is 0. The van der Waals surface area contributed by atoms with Crippen LogP contribution in [0.25, 0.3) is 11.4 Å². The second kappa shape index (κ2) is 5.36. The average molecular weight is 241 g/mol. The summed E-state index contributed by atoms with van der Waals surface area (Å²) in [7, 11) is 0. The van der Waals surface area contributed by atoms with Gasteiger partial charge in [-0.1, -0.05) is 30.7 Å². The number of imidazole rings is 1. The van der Waals surface area contributed by atoms with E-state index in [0.29, 0.717) is 6.04 Å². The van der Waals surface area contributed by atoms with Crippen molar-refractivity contribution in [3.05, 3.63) is 42.2 Å². The first-order valence-electron chi connectivity index (χ1n) is 6.74. The Bertz CT molecular complexity index is 484. The number of hydrogen-bond acceptors (Lipinski definition) is 2. The molecule has 1 aromatic heterocycles. The molecule has 0 spiro atoms. The molecule has 0 aliphatic carbocycles. The minimum absolute atomic E-state index is 0.620. The Morgan fingerprint density at radius 2 is 2.17 bits per heavy atom. The van der Waals surface area contributed by atoms with Crippen LogP contribution in [0.5, 0.6) is 0 Å². The number of hydrogen-bond donors (Lipinski definition) is 2. The summed E-state index contributed by atoms with van der Waals surface area (Å²) in [6.07, 6.45) is 8.73. The van der Waals surface area contributed by atoms with Gasteiger partial charge in [-0.25, -0.2) is 4.98 Å². The predicted octanol–water partition coefficient (Wildman–Crippen LogP) is 2.76. The van der Waals surface area contributed by atoms with Gasteiger partial charge in [-0.15, -0.1) is 0 Å². The van der Waals surface area contributed by atoms with Gasteiger partial charge in [0.2, 0.25) is 0 Å². The summed E-state index contributed by atoms with van der Waals surface area (Å²) in [4.78, 5) is 7.56. The summed E-state index contributed by atoms with van der Waals surface area (Å²) in [5.74, 6) is 0.974. The highest BCUT2D eigenvalue weighted by Gasteiger charge is 2.15. The Balaban J connectivity index is 1.83. The molecule has 1 aromatic carbocycles. The maximum absolute atomic E-state index is 4.36. The third-order valence-corrected chi connectivity index (χ3v) is 3.65. The molecule has 1 aliphatic heterocycles. The van der Waals surface area contributed by atoms with Crippen LogP contribution in [0.2, 0.25) is 0 Å². The van der Waals surface area contributed by atoms with Gasteiger partial charge in [-0.05, 0) is 31.4 Å². The Morgan fingerprint density at radius 3 is 2.94 bits per heavy atom. The van der Waals surface area contributed by atoms with Crippen molar-refractivity contribution in [2.75, 3.05) is 6.54 Å². The van der Waals surface area contributed by atoms with Crippen molar-refractivity contribution in [3.8, 4) is 11.4 Å². The van der Waals surface area contributed by atoms with E-state index >= 15 is 0 Å². The van der Waals surface area contributed by atoms with Crippen LogP contribution in [0.1, 0.15) is 24.8 Å². The Kier molecular flexibility index (Phi) is 3.42. The fourth-order valence-corrected chi connectivity index (χ4v) is 2.71. The van der Waals surface area contributed by atoms with E-state index in [4.69, 9.17) is 0 Å². The molecule has 3 rings (SSSR count). The molecule has 1 aliphatic rings. The lowest BCUT2D eigenvalue weighted by atomic mass is 9.95. The van der Waals surface area contributed by atoms with Gasteiger partial charge in [-0.3, -0.25) is 0 Å². The van der Waals surface area contributed by atoms with E-state index in [0.717, 1.165) is 18.8 Å². The smallest absolute Gasteiger partial charge is 0.137 e. The van der Waals surface area contributed by atoms with Crippen molar-refractivity contribution >= 4 is 0 Å². The van der Waals surface area contributed by atoms with E-state index in [1.165, 1.54) is 30.4 Å². The SMILES string of the molecule is c1ccc(-c2ncc[nH]2)c(CC2CCCCN2)c1. The van der Waals surface area contributed by atoms with Crippen LogP contribution in [-0.4, -0.2) is 22.6 Å². The lowest BCUT2D eigenvalue weighted by molar-refractivity contribution is 0.399. The lowest BCUT2D eigenvalue weighted by Gasteiger charge is -2.24. The van der Waals surface area contributed by atoms with Gasteiger partial charge < -0.3 is 10.3 Å². The number of nitrogens with one attached hydrogen (secondary N) is 2. The van der Waals surface area contributed by atoms with Crippen LogP contribution in [0.4, 0.5) is 0 Å². The van der Waals surface area contributed by atoms with Gasteiger partial charge in [-0.2, -0.15) is 0 Å². The number of rotatable bonds is 3. The topological polar surface area (TPSA) is 40.7 Å². The minimum atomic E-state index is 0.620. The molecule has 2 heterocycles. The van der Waals surface area contributed by atoms with Gasteiger partial charge in [0.1, 0.15) is 5.82 Å². The largest absolute Gasteiger partial charge is 0.345 e. The van der Waals surface area contributed by atoms with Crippen molar-refractivity contribution < 1.29 is 0 Å². The van der Waals surface area contributed by atoms with Crippen LogP contribution in [0, 0.1) is 0 Å². The van der Waals surface area contributed by atoms with Gasteiger partial charge in [0, 0.05) is 24.0 Å². The van der Waals surface area contributed by atoms with Crippen molar-refractivity contribution in [1.82, 2.24) is 15.3 Å². The first-order chi connectivity index (χ1) is 8.93. The fraction of sp³-hybridized carbons (Fsp3) is 0.400. The molecule has 3 nitrogen and oxygen atoms in total. The zero-order valence-electron chi connectivity index (χ0n) is 10.5. The van der Waals surface area contributed by atoms with E-state index in [2.05, 4.69) is 39.6 Å². The molecule has 0 saturated carbocycles. The standard InChI is InChI=1S/C15H19N3/c1-2-7-14(15-17-9-10-18-15)12(5-1)11-13-6-3-4-8-16-13/h1-2,5,7,9-10,13,16H,3-4,6,8,11H2,(H,17,18). The number of aromatic nitrogens is 2. The number of benzene rings is 1. The number of H-pyrrole nitrogens is 1. The third-order valence-electron chi connectivity index (χ3n) is 3.65. The van der Waals surface area contributed by atoms with E-state index < -0.39 is 0 Å². The highest BCUT2D eigenvalue weighted by molar-refractivity contribution is 5.60. The first-order valence-corrected chi connectivity index (χ1v) is 6.74.